The van der Waals surface area contributed by atoms with E-state index >= 15 is 0 Å². The fourth-order valence-corrected chi connectivity index (χ4v) is 7.83. The lowest BCUT2D eigenvalue weighted by molar-refractivity contribution is 0.979. The van der Waals surface area contributed by atoms with Crippen LogP contribution in [-0.2, 0) is 0 Å². The molecule has 6 aromatic carbocycles. The van der Waals surface area contributed by atoms with Crippen molar-refractivity contribution in [3.05, 3.63) is 140 Å². The zero-order valence-corrected chi connectivity index (χ0v) is 24.2. The number of anilines is 3. The van der Waals surface area contributed by atoms with Gasteiger partial charge in [0.2, 0.25) is 5.95 Å². The van der Waals surface area contributed by atoms with E-state index in [2.05, 4.69) is 141 Å². The third kappa shape index (κ3) is 3.26. The monoisotopic (exact) mass is 581 g/mol. The largest absolute Gasteiger partial charge is 0.308 e. The molecule has 0 atom stereocenters. The van der Waals surface area contributed by atoms with Crippen molar-refractivity contribution in [3.63, 3.8) is 0 Å². The van der Waals surface area contributed by atoms with Gasteiger partial charge in [0.05, 0.1) is 39.0 Å². The molecule has 0 spiro atoms. The fourth-order valence-electron chi connectivity index (χ4n) is 6.77. The Bertz CT molecular complexity index is 2570. The van der Waals surface area contributed by atoms with Gasteiger partial charge in [-0.2, -0.15) is 0 Å². The number of nitrogens with zero attached hydrogens (tertiary/aromatic N) is 5. The highest BCUT2D eigenvalue weighted by Gasteiger charge is 2.26. The van der Waals surface area contributed by atoms with Gasteiger partial charge in [0.15, 0.2) is 0 Å². The molecule has 0 radical (unpaired) electrons. The molecule has 1 aliphatic heterocycles. The van der Waals surface area contributed by atoms with Crippen molar-refractivity contribution < 1.29 is 0 Å². The highest BCUT2D eigenvalue weighted by molar-refractivity contribution is 7.99. The molecule has 0 bridgehead atoms. The molecule has 5 nitrogen and oxygen atoms in total. The minimum atomic E-state index is 0.825. The Hall–Kier alpha value is -5.59. The van der Waals surface area contributed by atoms with E-state index in [0.717, 1.165) is 50.3 Å². The van der Waals surface area contributed by atoms with E-state index in [9.17, 15) is 0 Å². The number of fused-ring (bicyclic) bond motifs is 10. The maximum atomic E-state index is 5.35. The van der Waals surface area contributed by atoms with E-state index in [-0.39, 0.29) is 0 Å². The van der Waals surface area contributed by atoms with Crippen molar-refractivity contribution in [3.8, 4) is 5.95 Å². The number of hydrogen-bond donors (Lipinski definition) is 0. The van der Waals surface area contributed by atoms with E-state index < -0.39 is 0 Å². The van der Waals surface area contributed by atoms with Gasteiger partial charge in [0.1, 0.15) is 5.65 Å². The number of benzene rings is 6. The Morgan fingerprint density at radius 1 is 0.477 bits per heavy atom. The lowest BCUT2D eigenvalue weighted by Gasteiger charge is -2.32. The molecule has 0 saturated heterocycles. The SMILES string of the molecule is c1ccc2c(c1)Sc1ccccc1N2c1ccc2c3ccccc3n(-c3nc4ccccc4c4nc5ccccc5n34)c2c1. The summed E-state index contributed by atoms with van der Waals surface area (Å²) in [5.41, 5.74) is 9.49. The number of para-hydroxylation sites is 6. The Morgan fingerprint density at radius 3 is 1.89 bits per heavy atom. The molecule has 44 heavy (non-hydrogen) atoms. The first-order chi connectivity index (χ1) is 21.8. The van der Waals surface area contributed by atoms with Crippen molar-refractivity contribution in [1.29, 1.82) is 0 Å². The molecular weight excluding hydrogens is 559 g/mol. The normalized spacial score (nSPS) is 12.9. The van der Waals surface area contributed by atoms with Crippen molar-refractivity contribution >= 4 is 78.2 Å². The van der Waals surface area contributed by atoms with Crippen LogP contribution in [-0.4, -0.2) is 18.9 Å². The molecule has 4 heterocycles. The summed E-state index contributed by atoms with van der Waals surface area (Å²) in [7, 11) is 0. The summed E-state index contributed by atoms with van der Waals surface area (Å²) in [5, 5.41) is 3.41. The molecule has 6 heteroatoms. The van der Waals surface area contributed by atoms with Gasteiger partial charge in [-0.15, -0.1) is 0 Å². The summed E-state index contributed by atoms with van der Waals surface area (Å²) in [6, 6.07) is 49.4. The van der Waals surface area contributed by atoms with E-state index in [1.165, 1.54) is 31.9 Å². The molecule has 0 saturated carbocycles. The molecule has 10 rings (SSSR count). The number of aromatic nitrogens is 4. The average molecular weight is 582 g/mol. The smallest absolute Gasteiger partial charge is 0.221 e. The zero-order chi connectivity index (χ0) is 28.8. The molecule has 9 aromatic rings. The second-order valence-electron chi connectivity index (χ2n) is 11.1. The summed E-state index contributed by atoms with van der Waals surface area (Å²) in [6.45, 7) is 0. The van der Waals surface area contributed by atoms with Gasteiger partial charge in [0, 0.05) is 31.6 Å². The lowest BCUT2D eigenvalue weighted by atomic mass is 10.1. The van der Waals surface area contributed by atoms with Gasteiger partial charge in [-0.3, -0.25) is 8.97 Å². The summed E-state index contributed by atoms with van der Waals surface area (Å²) in [6.07, 6.45) is 0. The third-order valence-corrected chi connectivity index (χ3v) is 9.80. The summed E-state index contributed by atoms with van der Waals surface area (Å²) >= 11 is 1.83. The summed E-state index contributed by atoms with van der Waals surface area (Å²) in [5.74, 6) is 0.825. The predicted molar refractivity (Wildman–Crippen MR) is 181 cm³/mol. The molecule has 0 aliphatic carbocycles. The quantitative estimate of drug-likeness (QED) is 0.204. The predicted octanol–water partition coefficient (Wildman–Crippen LogP) is 10.1. The van der Waals surface area contributed by atoms with E-state index in [1.807, 2.05) is 23.9 Å². The molecule has 0 amide bonds. The number of imidazole rings is 1. The summed E-state index contributed by atoms with van der Waals surface area (Å²) in [4.78, 5) is 15.3. The molecular formula is C38H23N5S. The maximum absolute atomic E-state index is 5.35. The van der Waals surface area contributed by atoms with Gasteiger partial charge in [0.25, 0.3) is 0 Å². The van der Waals surface area contributed by atoms with E-state index in [4.69, 9.17) is 9.97 Å². The zero-order valence-electron chi connectivity index (χ0n) is 23.4. The molecule has 206 valence electrons. The van der Waals surface area contributed by atoms with Crippen LogP contribution in [0.4, 0.5) is 17.1 Å². The average Bonchev–Trinajstić information content (AvgIpc) is 3.63. The topological polar surface area (TPSA) is 38.4 Å². The minimum absolute atomic E-state index is 0.825. The Labute approximate surface area is 256 Å². The highest BCUT2D eigenvalue weighted by atomic mass is 32.2. The Balaban J connectivity index is 1.34. The third-order valence-electron chi connectivity index (χ3n) is 8.67. The Morgan fingerprint density at radius 2 is 1.09 bits per heavy atom. The number of hydrogen-bond acceptors (Lipinski definition) is 4. The molecule has 0 fully saturated rings. The first-order valence-corrected chi connectivity index (χ1v) is 15.5. The first kappa shape index (κ1) is 23.9. The molecule has 0 unspecified atom stereocenters. The van der Waals surface area contributed by atoms with E-state index in [0.29, 0.717) is 0 Å². The van der Waals surface area contributed by atoms with Crippen LogP contribution in [0.15, 0.2) is 149 Å². The van der Waals surface area contributed by atoms with Gasteiger partial charge in [-0.1, -0.05) is 84.6 Å². The van der Waals surface area contributed by atoms with Crippen molar-refractivity contribution in [2.45, 2.75) is 9.79 Å². The standard InChI is InChI=1S/C38H23N5S/c1-3-13-28-27(12-1)37-39-29-14-4-6-16-31(29)43(37)38(40-28)42-30-15-5-2-11-25(30)26-22-21-24(23-34(26)42)41-32-17-7-9-19-35(32)44-36-20-10-8-18-33(36)41/h1-23H. The highest BCUT2D eigenvalue weighted by Crippen LogP contribution is 2.51. The van der Waals surface area contributed by atoms with Crippen LogP contribution in [0.2, 0.25) is 0 Å². The second kappa shape index (κ2) is 8.96. The fraction of sp³-hybridized carbons (Fsp3) is 0. The van der Waals surface area contributed by atoms with Gasteiger partial charge in [-0.25, -0.2) is 9.97 Å². The van der Waals surface area contributed by atoms with Crippen LogP contribution in [0.1, 0.15) is 0 Å². The van der Waals surface area contributed by atoms with Gasteiger partial charge < -0.3 is 4.90 Å². The molecule has 0 N–H and O–H groups in total. The maximum Gasteiger partial charge on any atom is 0.221 e. The van der Waals surface area contributed by atoms with Crippen molar-refractivity contribution in [2.75, 3.05) is 4.90 Å². The van der Waals surface area contributed by atoms with Crippen LogP contribution >= 0.6 is 11.8 Å². The minimum Gasteiger partial charge on any atom is -0.308 e. The van der Waals surface area contributed by atoms with E-state index in [1.54, 1.807) is 0 Å². The van der Waals surface area contributed by atoms with Crippen LogP contribution in [0.25, 0.3) is 55.3 Å². The van der Waals surface area contributed by atoms with Crippen LogP contribution in [0.5, 0.6) is 0 Å². The van der Waals surface area contributed by atoms with Gasteiger partial charge in [-0.05, 0) is 66.7 Å². The number of rotatable bonds is 2. The van der Waals surface area contributed by atoms with Crippen molar-refractivity contribution in [2.24, 2.45) is 0 Å². The second-order valence-corrected chi connectivity index (χ2v) is 12.2. The first-order valence-electron chi connectivity index (χ1n) is 14.7. The molecule has 3 aromatic heterocycles. The van der Waals surface area contributed by atoms with Crippen LogP contribution in [0.3, 0.4) is 0 Å². The van der Waals surface area contributed by atoms with Crippen molar-refractivity contribution in [1.82, 2.24) is 18.9 Å². The summed E-state index contributed by atoms with van der Waals surface area (Å²) < 4.78 is 4.54. The lowest BCUT2D eigenvalue weighted by Crippen LogP contribution is -2.14. The van der Waals surface area contributed by atoms with Crippen LogP contribution in [0, 0.1) is 0 Å². The van der Waals surface area contributed by atoms with Crippen LogP contribution < -0.4 is 4.90 Å². The van der Waals surface area contributed by atoms with Gasteiger partial charge >= 0.3 is 0 Å². The molecule has 1 aliphatic rings. The Kier molecular flexibility index (Phi) is 4.87.